The molecule has 0 saturated heterocycles. The average Bonchev–Trinajstić information content (AvgIpc) is 3.06. The molecule has 1 heterocycles. The molecule has 2 aromatic rings. The van der Waals surface area contributed by atoms with Crippen LogP contribution in [0.2, 0.25) is 0 Å². The van der Waals surface area contributed by atoms with Crippen LogP contribution in [-0.2, 0) is 4.79 Å². The number of carbonyl (C=O) groups is 1. The molecule has 1 aliphatic rings. The number of benzene rings is 2. The summed E-state index contributed by atoms with van der Waals surface area (Å²) in [6.45, 7) is 10.9. The van der Waals surface area contributed by atoms with Crippen molar-refractivity contribution in [2.45, 2.75) is 38.6 Å². The molecule has 2 aromatic carbocycles. The number of carbonyl (C=O) groups excluding carboxylic acids is 1. The predicted octanol–water partition coefficient (Wildman–Crippen LogP) is 4.93. The third-order valence-electron chi connectivity index (χ3n) is 5.75. The van der Waals surface area contributed by atoms with Crippen LogP contribution in [0, 0.1) is 29.9 Å². The first-order valence-corrected chi connectivity index (χ1v) is 10.5. The Hall–Kier alpha value is -3.34. The number of halogens is 3. The molecule has 1 amide bonds. The molecule has 0 bridgehead atoms. The van der Waals surface area contributed by atoms with Crippen molar-refractivity contribution in [1.29, 1.82) is 0 Å². The van der Waals surface area contributed by atoms with E-state index in [-0.39, 0.29) is 18.8 Å². The van der Waals surface area contributed by atoms with Crippen molar-refractivity contribution >= 4 is 17.3 Å². The summed E-state index contributed by atoms with van der Waals surface area (Å²) in [5.74, 6) is -2.84. The Bertz CT molecular complexity index is 1050. The van der Waals surface area contributed by atoms with Gasteiger partial charge in [-0.1, -0.05) is 31.9 Å². The highest BCUT2D eigenvalue weighted by atomic mass is 19.1. The summed E-state index contributed by atoms with van der Waals surface area (Å²) in [5.41, 5.74) is -0.213. The Morgan fingerprint density at radius 2 is 1.88 bits per heavy atom. The summed E-state index contributed by atoms with van der Waals surface area (Å²) in [7, 11) is 0. The predicted molar refractivity (Wildman–Crippen MR) is 118 cm³/mol. The fraction of sp³-hybridized carbons (Fsp3) is 0.375. The maximum absolute atomic E-state index is 14.8. The highest BCUT2D eigenvalue weighted by molar-refractivity contribution is 6.10. The molecular weight excluding hydrogens is 417 g/mol. The number of nitrogens with one attached hydrogen (secondary N) is 1. The Balaban J connectivity index is 2.14. The average molecular weight is 442 g/mol. The van der Waals surface area contributed by atoms with Crippen LogP contribution in [0.15, 0.2) is 47.6 Å². The van der Waals surface area contributed by atoms with E-state index in [1.165, 1.54) is 23.2 Å². The Morgan fingerprint density at radius 3 is 2.50 bits per heavy atom. The number of amides is 1. The van der Waals surface area contributed by atoms with E-state index in [9.17, 15) is 18.0 Å². The van der Waals surface area contributed by atoms with E-state index in [1.807, 2.05) is 6.92 Å². The zero-order chi connectivity index (χ0) is 23.3. The van der Waals surface area contributed by atoms with Gasteiger partial charge >= 0.3 is 0 Å². The Morgan fingerprint density at radius 1 is 1.19 bits per heavy atom. The number of hydrogen-bond acceptors (Lipinski definition) is 3. The molecule has 0 aromatic heterocycles. The number of hydrazone groups is 1. The summed E-state index contributed by atoms with van der Waals surface area (Å²) < 4.78 is 41.9. The largest absolute Gasteiger partial charge is 0.346 e. The number of hydrogen-bond donors (Lipinski definition) is 1. The highest BCUT2D eigenvalue weighted by Crippen LogP contribution is 2.42. The second-order valence-corrected chi connectivity index (χ2v) is 7.88. The number of rotatable bonds is 8. The van der Waals surface area contributed by atoms with Crippen LogP contribution >= 0.6 is 0 Å². The zero-order valence-corrected chi connectivity index (χ0v) is 18.0. The lowest BCUT2D eigenvalue weighted by atomic mass is 9.77. The van der Waals surface area contributed by atoms with E-state index < -0.39 is 34.8 Å². The monoisotopic (exact) mass is 442 g/mol. The summed E-state index contributed by atoms with van der Waals surface area (Å²) in [4.78, 5) is 16.7. The summed E-state index contributed by atoms with van der Waals surface area (Å²) in [6, 6.07) is 8.89. The minimum absolute atomic E-state index is 0.0344. The van der Waals surface area contributed by atoms with Gasteiger partial charge in [-0.15, -0.1) is 0 Å². The van der Waals surface area contributed by atoms with Crippen molar-refractivity contribution in [2.75, 3.05) is 18.1 Å². The molecule has 168 valence electrons. The molecule has 2 unspecified atom stereocenters. The van der Waals surface area contributed by atoms with Gasteiger partial charge in [-0.25, -0.2) is 24.8 Å². The van der Waals surface area contributed by atoms with Crippen molar-refractivity contribution in [2.24, 2.45) is 11.0 Å². The van der Waals surface area contributed by atoms with Crippen LogP contribution in [0.5, 0.6) is 0 Å². The van der Waals surface area contributed by atoms with Crippen molar-refractivity contribution in [3.05, 3.63) is 76.9 Å². The number of nitrogens with zero attached hydrogens (tertiary/aromatic N) is 3. The fourth-order valence-electron chi connectivity index (χ4n) is 4.02. The van der Waals surface area contributed by atoms with Gasteiger partial charge in [0.05, 0.1) is 17.9 Å². The van der Waals surface area contributed by atoms with Gasteiger partial charge in [0.25, 0.3) is 0 Å². The van der Waals surface area contributed by atoms with Gasteiger partial charge in [-0.05, 0) is 43.2 Å². The van der Waals surface area contributed by atoms with Gasteiger partial charge in [0.2, 0.25) is 12.5 Å². The molecule has 2 atom stereocenters. The Kier molecular flexibility index (Phi) is 7.18. The quantitative estimate of drug-likeness (QED) is 0.466. The lowest BCUT2D eigenvalue weighted by Gasteiger charge is -2.37. The molecule has 3 rings (SSSR count). The molecule has 0 aliphatic carbocycles. The minimum atomic E-state index is -1.33. The van der Waals surface area contributed by atoms with Crippen LogP contribution in [0.25, 0.3) is 4.85 Å². The van der Waals surface area contributed by atoms with Crippen molar-refractivity contribution < 1.29 is 18.0 Å². The lowest BCUT2D eigenvalue weighted by Crippen LogP contribution is -2.58. The van der Waals surface area contributed by atoms with E-state index in [1.54, 1.807) is 19.1 Å². The van der Waals surface area contributed by atoms with Crippen LogP contribution in [0.3, 0.4) is 0 Å². The van der Waals surface area contributed by atoms with Crippen molar-refractivity contribution in [1.82, 2.24) is 5.32 Å². The van der Waals surface area contributed by atoms with Crippen LogP contribution in [0.1, 0.15) is 38.7 Å². The molecule has 0 spiro atoms. The molecule has 5 nitrogen and oxygen atoms in total. The van der Waals surface area contributed by atoms with Crippen LogP contribution < -0.4 is 10.3 Å². The number of anilines is 1. The molecule has 1 aliphatic heterocycles. The van der Waals surface area contributed by atoms with E-state index >= 15 is 0 Å². The van der Waals surface area contributed by atoms with E-state index in [2.05, 4.69) is 15.3 Å². The first-order valence-electron chi connectivity index (χ1n) is 10.5. The number of unbranched alkanes of at least 4 members (excludes halogenated alkanes) is 1. The van der Waals surface area contributed by atoms with Gasteiger partial charge in [0, 0.05) is 12.0 Å². The fourth-order valence-corrected chi connectivity index (χ4v) is 4.02. The second-order valence-electron chi connectivity index (χ2n) is 7.88. The lowest BCUT2D eigenvalue weighted by molar-refractivity contribution is -0.126. The van der Waals surface area contributed by atoms with E-state index in [4.69, 9.17) is 6.57 Å². The van der Waals surface area contributed by atoms with Crippen LogP contribution in [0.4, 0.5) is 18.9 Å². The van der Waals surface area contributed by atoms with Gasteiger partial charge < -0.3 is 10.2 Å². The minimum Gasteiger partial charge on any atom is -0.346 e. The van der Waals surface area contributed by atoms with Gasteiger partial charge in [0.15, 0.2) is 5.82 Å². The third-order valence-corrected chi connectivity index (χ3v) is 5.75. The molecule has 8 heteroatoms. The standard InChI is InChI=1S/C24H25F3N4O/c1-4-5-6-19-22(16-7-9-17(25)10-8-16)30-31(21-12-11-18(26)15-20(21)27)24(19,2)23(32)29-14-13-28-3/h7-12,15,19H,4-6,13-14H2,1-2H3,(H,29,32). The first kappa shape index (κ1) is 23.3. The SMILES string of the molecule is [C-]#[N+]CCNC(=O)C1(C)C(CCCC)C(c2ccc(F)cc2)=NN1c1ccc(F)cc1F. The molecule has 0 radical (unpaired) electrons. The topological polar surface area (TPSA) is 49.1 Å². The Labute approximate surface area is 185 Å². The summed E-state index contributed by atoms with van der Waals surface area (Å²) in [5, 5.41) is 8.69. The first-order chi connectivity index (χ1) is 15.3. The molecule has 0 saturated carbocycles. The van der Waals surface area contributed by atoms with Gasteiger partial charge in [-0.3, -0.25) is 4.79 Å². The normalized spacial score (nSPS) is 20.1. The maximum atomic E-state index is 14.8. The van der Waals surface area contributed by atoms with E-state index in [0.29, 0.717) is 17.7 Å². The molecular formula is C24H25F3N4O. The maximum Gasteiger partial charge on any atom is 0.248 e. The van der Waals surface area contributed by atoms with E-state index in [0.717, 1.165) is 25.0 Å². The van der Waals surface area contributed by atoms with Gasteiger partial charge in [-0.2, -0.15) is 5.10 Å². The second kappa shape index (κ2) is 9.86. The molecule has 0 fully saturated rings. The smallest absolute Gasteiger partial charge is 0.248 e. The summed E-state index contributed by atoms with van der Waals surface area (Å²) >= 11 is 0. The molecule has 32 heavy (non-hydrogen) atoms. The highest BCUT2D eigenvalue weighted by Gasteiger charge is 2.54. The van der Waals surface area contributed by atoms with Gasteiger partial charge in [0.1, 0.15) is 17.2 Å². The molecule has 1 N–H and O–H groups in total. The summed E-state index contributed by atoms with van der Waals surface area (Å²) in [6.07, 6.45) is 2.24. The third kappa shape index (κ3) is 4.47. The van der Waals surface area contributed by atoms with Crippen LogP contribution in [-0.4, -0.2) is 30.2 Å². The zero-order valence-electron chi connectivity index (χ0n) is 18.0. The van der Waals surface area contributed by atoms with Crippen molar-refractivity contribution in [3.8, 4) is 0 Å². The van der Waals surface area contributed by atoms with Crippen molar-refractivity contribution in [3.63, 3.8) is 0 Å².